The molecule has 0 saturated carbocycles. The molecule has 0 amide bonds. The summed E-state index contributed by atoms with van der Waals surface area (Å²) in [4.78, 5) is 1.10. The predicted octanol–water partition coefficient (Wildman–Crippen LogP) is 3.18. The molecule has 88 valence electrons. The summed E-state index contributed by atoms with van der Waals surface area (Å²) in [6.07, 6.45) is 1.04. The first-order valence-electron chi connectivity index (χ1n) is 5.61. The van der Waals surface area contributed by atoms with Gasteiger partial charge in [0.05, 0.1) is 6.61 Å². The van der Waals surface area contributed by atoms with Crippen molar-refractivity contribution in [3.8, 4) is 5.75 Å². The summed E-state index contributed by atoms with van der Waals surface area (Å²) in [5, 5.41) is 9.37. The lowest BCUT2D eigenvalue weighted by Gasteiger charge is -2.32. The van der Waals surface area contributed by atoms with Gasteiger partial charge in [-0.3, -0.25) is 0 Å². The van der Waals surface area contributed by atoms with E-state index in [9.17, 15) is 5.11 Å². The van der Waals surface area contributed by atoms with E-state index in [-0.39, 0.29) is 10.9 Å². The van der Waals surface area contributed by atoms with E-state index in [1.807, 2.05) is 12.1 Å². The Kier molecular flexibility index (Phi) is 3.17. The molecule has 1 aromatic rings. The standard InChI is InChI=1S/C13H18O2S/c1-9(14)16-10-4-5-12-11(8-10)13(2,3)6-7-15-12/h4-5,8-9,14H,6-7H2,1-3H3. The Hall–Kier alpha value is -0.670. The zero-order valence-corrected chi connectivity index (χ0v) is 10.8. The molecular weight excluding hydrogens is 220 g/mol. The Morgan fingerprint density at radius 2 is 2.19 bits per heavy atom. The molecule has 0 spiro atoms. The molecule has 1 heterocycles. The predicted molar refractivity (Wildman–Crippen MR) is 67.1 cm³/mol. The van der Waals surface area contributed by atoms with Crippen molar-refractivity contribution in [3.63, 3.8) is 0 Å². The smallest absolute Gasteiger partial charge is 0.123 e. The topological polar surface area (TPSA) is 29.5 Å². The van der Waals surface area contributed by atoms with Crippen molar-refractivity contribution >= 4 is 11.8 Å². The minimum absolute atomic E-state index is 0.169. The highest BCUT2D eigenvalue weighted by Gasteiger charge is 2.28. The van der Waals surface area contributed by atoms with Crippen molar-refractivity contribution in [3.05, 3.63) is 23.8 Å². The summed E-state index contributed by atoms with van der Waals surface area (Å²) >= 11 is 1.47. The Bertz CT molecular complexity index is 386. The second-order valence-electron chi connectivity index (χ2n) is 4.86. The zero-order chi connectivity index (χ0) is 11.8. The lowest BCUT2D eigenvalue weighted by atomic mass is 9.80. The van der Waals surface area contributed by atoms with Gasteiger partial charge in [-0.05, 0) is 37.0 Å². The van der Waals surface area contributed by atoms with Crippen molar-refractivity contribution in [2.24, 2.45) is 0 Å². The summed E-state index contributed by atoms with van der Waals surface area (Å²) < 4.78 is 5.65. The van der Waals surface area contributed by atoms with Crippen LogP contribution in [0, 0.1) is 0 Å². The maximum Gasteiger partial charge on any atom is 0.123 e. The van der Waals surface area contributed by atoms with Crippen LogP contribution in [-0.4, -0.2) is 17.1 Å². The first-order chi connectivity index (χ1) is 7.49. The molecule has 1 aliphatic heterocycles. The first-order valence-corrected chi connectivity index (χ1v) is 6.49. The summed E-state index contributed by atoms with van der Waals surface area (Å²) in [5.74, 6) is 0.992. The van der Waals surface area contributed by atoms with Crippen LogP contribution in [0.5, 0.6) is 5.75 Å². The van der Waals surface area contributed by atoms with Crippen LogP contribution in [0.2, 0.25) is 0 Å². The Morgan fingerprint density at radius 1 is 1.44 bits per heavy atom. The fourth-order valence-electron chi connectivity index (χ4n) is 1.98. The maximum atomic E-state index is 9.37. The quantitative estimate of drug-likeness (QED) is 0.634. The Morgan fingerprint density at radius 3 is 2.88 bits per heavy atom. The molecule has 0 bridgehead atoms. The number of rotatable bonds is 2. The van der Waals surface area contributed by atoms with Gasteiger partial charge in [0.1, 0.15) is 11.2 Å². The normalized spacial score (nSPS) is 19.8. The SMILES string of the molecule is CC(O)Sc1ccc2c(c1)C(C)(C)CCO2. The van der Waals surface area contributed by atoms with Crippen LogP contribution in [-0.2, 0) is 5.41 Å². The van der Waals surface area contributed by atoms with Crippen molar-refractivity contribution in [2.75, 3.05) is 6.61 Å². The Labute approximate surface area is 101 Å². The van der Waals surface area contributed by atoms with Gasteiger partial charge in [0, 0.05) is 10.5 Å². The molecule has 0 saturated heterocycles. The van der Waals surface area contributed by atoms with Crippen molar-refractivity contribution in [1.82, 2.24) is 0 Å². The molecule has 0 radical (unpaired) electrons. The van der Waals surface area contributed by atoms with E-state index in [4.69, 9.17) is 4.74 Å². The second kappa shape index (κ2) is 4.30. The number of ether oxygens (including phenoxy) is 1. The largest absolute Gasteiger partial charge is 0.493 e. The number of fused-ring (bicyclic) bond motifs is 1. The van der Waals surface area contributed by atoms with E-state index >= 15 is 0 Å². The van der Waals surface area contributed by atoms with Crippen molar-refractivity contribution in [1.29, 1.82) is 0 Å². The molecule has 1 aromatic carbocycles. The molecule has 1 aliphatic rings. The molecule has 16 heavy (non-hydrogen) atoms. The zero-order valence-electron chi connectivity index (χ0n) is 9.99. The average Bonchev–Trinajstić information content (AvgIpc) is 2.18. The molecule has 2 rings (SSSR count). The number of aliphatic hydroxyl groups excluding tert-OH is 1. The summed E-state index contributed by atoms with van der Waals surface area (Å²) in [6, 6.07) is 6.17. The van der Waals surface area contributed by atoms with Crippen molar-refractivity contribution < 1.29 is 9.84 Å². The van der Waals surface area contributed by atoms with Crippen LogP contribution in [0.3, 0.4) is 0 Å². The highest BCUT2D eigenvalue weighted by Crippen LogP contribution is 2.40. The van der Waals surface area contributed by atoms with E-state index in [0.717, 1.165) is 23.7 Å². The van der Waals surface area contributed by atoms with E-state index in [1.165, 1.54) is 17.3 Å². The third-order valence-corrected chi connectivity index (χ3v) is 3.84. The monoisotopic (exact) mass is 238 g/mol. The van der Waals surface area contributed by atoms with Gasteiger partial charge in [0.15, 0.2) is 0 Å². The molecule has 3 heteroatoms. The number of aliphatic hydroxyl groups is 1. The molecule has 1 unspecified atom stereocenters. The fraction of sp³-hybridized carbons (Fsp3) is 0.538. The lowest BCUT2D eigenvalue weighted by molar-refractivity contribution is 0.233. The molecule has 0 aliphatic carbocycles. The number of thioether (sulfide) groups is 1. The van der Waals surface area contributed by atoms with Gasteiger partial charge >= 0.3 is 0 Å². The minimum atomic E-state index is -0.370. The maximum absolute atomic E-state index is 9.37. The molecular formula is C13H18O2S. The van der Waals surface area contributed by atoms with Crippen LogP contribution in [0.4, 0.5) is 0 Å². The summed E-state index contributed by atoms with van der Waals surface area (Å²) in [6.45, 7) is 7.06. The van der Waals surface area contributed by atoms with E-state index in [1.54, 1.807) is 6.92 Å². The second-order valence-corrected chi connectivity index (χ2v) is 6.25. The van der Waals surface area contributed by atoms with Gasteiger partial charge in [0.25, 0.3) is 0 Å². The van der Waals surface area contributed by atoms with Gasteiger partial charge in [0.2, 0.25) is 0 Å². The van der Waals surface area contributed by atoms with Crippen LogP contribution < -0.4 is 4.74 Å². The number of hydrogen-bond donors (Lipinski definition) is 1. The molecule has 1 atom stereocenters. The van der Waals surface area contributed by atoms with Crippen molar-refractivity contribution in [2.45, 2.75) is 42.9 Å². The Balaban J connectivity index is 2.35. The highest BCUT2D eigenvalue weighted by molar-refractivity contribution is 7.99. The van der Waals surface area contributed by atoms with Gasteiger partial charge < -0.3 is 9.84 Å². The molecule has 2 nitrogen and oxygen atoms in total. The lowest BCUT2D eigenvalue weighted by Crippen LogP contribution is -2.26. The minimum Gasteiger partial charge on any atom is -0.493 e. The molecule has 0 aromatic heterocycles. The third-order valence-electron chi connectivity index (χ3n) is 2.97. The van der Waals surface area contributed by atoms with E-state index in [0.29, 0.717) is 0 Å². The fourth-order valence-corrected chi connectivity index (χ4v) is 2.71. The molecule has 0 fully saturated rings. The summed E-state index contributed by atoms with van der Waals surface area (Å²) in [7, 11) is 0. The van der Waals surface area contributed by atoms with Gasteiger partial charge in [-0.1, -0.05) is 25.6 Å². The summed E-state index contributed by atoms with van der Waals surface area (Å²) in [5.41, 5.74) is 1.05. The van der Waals surface area contributed by atoms with Crippen LogP contribution in [0.15, 0.2) is 23.1 Å². The third kappa shape index (κ3) is 2.36. The van der Waals surface area contributed by atoms with E-state index < -0.39 is 0 Å². The molecule has 1 N–H and O–H groups in total. The highest BCUT2D eigenvalue weighted by atomic mass is 32.2. The van der Waals surface area contributed by atoms with Crippen LogP contribution >= 0.6 is 11.8 Å². The number of benzene rings is 1. The van der Waals surface area contributed by atoms with Gasteiger partial charge in [-0.15, -0.1) is 0 Å². The number of hydrogen-bond acceptors (Lipinski definition) is 3. The van der Waals surface area contributed by atoms with E-state index in [2.05, 4.69) is 19.9 Å². The average molecular weight is 238 g/mol. The van der Waals surface area contributed by atoms with Crippen LogP contribution in [0.25, 0.3) is 0 Å². The van der Waals surface area contributed by atoms with Gasteiger partial charge in [-0.2, -0.15) is 0 Å². The van der Waals surface area contributed by atoms with Crippen LogP contribution in [0.1, 0.15) is 32.8 Å². The van der Waals surface area contributed by atoms with Gasteiger partial charge in [-0.25, -0.2) is 0 Å². The first kappa shape index (κ1) is 11.8.